The molecule has 282 valence electrons. The summed E-state index contributed by atoms with van der Waals surface area (Å²) in [5.41, 5.74) is 2.02. The molecule has 2 heterocycles. The molecule has 4 amide bonds. The highest BCUT2D eigenvalue weighted by Crippen LogP contribution is 2.39. The Morgan fingerprint density at radius 1 is 0.981 bits per heavy atom. The number of nitrogens with one attached hydrogen (secondary N) is 3. The second-order valence-corrected chi connectivity index (χ2v) is 16.7. The van der Waals surface area contributed by atoms with E-state index in [1.807, 2.05) is 30.3 Å². The Kier molecular flexibility index (Phi) is 13.4. The van der Waals surface area contributed by atoms with E-state index in [9.17, 15) is 24.0 Å². The third kappa shape index (κ3) is 10.8. The third-order valence-corrected chi connectivity index (χ3v) is 10.7. The molecule has 1 unspecified atom stereocenters. The summed E-state index contributed by atoms with van der Waals surface area (Å²) in [5.74, 6) is -1.84. The molecule has 0 saturated carbocycles. The number of hydrogen-bond donors (Lipinski definition) is 3. The lowest BCUT2D eigenvalue weighted by Crippen LogP contribution is -2.39. The van der Waals surface area contributed by atoms with E-state index in [1.165, 1.54) is 23.1 Å². The quantitative estimate of drug-likeness (QED) is 0.0776. The summed E-state index contributed by atoms with van der Waals surface area (Å²) in [7, 11) is 0. The van der Waals surface area contributed by atoms with Gasteiger partial charge in [0.2, 0.25) is 5.91 Å². The van der Waals surface area contributed by atoms with Gasteiger partial charge in [-0.3, -0.25) is 14.4 Å². The molecule has 0 bridgehead atoms. The summed E-state index contributed by atoms with van der Waals surface area (Å²) in [6, 6.07) is 22.9. The molecule has 0 spiro atoms. The van der Waals surface area contributed by atoms with Crippen LogP contribution in [0.1, 0.15) is 71.3 Å². The molecule has 0 aliphatic carbocycles. The number of esters is 1. The summed E-state index contributed by atoms with van der Waals surface area (Å²) in [6.07, 6.45) is 1.56. The van der Waals surface area contributed by atoms with Crippen molar-refractivity contribution in [3.8, 4) is 0 Å². The highest BCUT2D eigenvalue weighted by Gasteiger charge is 2.33. The lowest BCUT2D eigenvalue weighted by atomic mass is 10.0. The first-order valence-corrected chi connectivity index (χ1v) is 19.7. The maximum Gasteiger partial charge on any atom is 0.410 e. The number of rotatable bonds is 11. The van der Waals surface area contributed by atoms with E-state index in [4.69, 9.17) is 9.47 Å². The number of carbonyl (C=O) groups is 5. The number of amides is 4. The van der Waals surface area contributed by atoms with Crippen LogP contribution in [0.5, 0.6) is 0 Å². The van der Waals surface area contributed by atoms with Gasteiger partial charge in [-0.25, -0.2) is 9.59 Å². The zero-order valence-electron chi connectivity index (χ0n) is 30.5. The Morgan fingerprint density at radius 2 is 1.70 bits per heavy atom. The van der Waals surface area contributed by atoms with Gasteiger partial charge in [0, 0.05) is 32.0 Å². The fourth-order valence-electron chi connectivity index (χ4n) is 5.38. The predicted octanol–water partition coefficient (Wildman–Crippen LogP) is 8.51. The van der Waals surface area contributed by atoms with E-state index in [-0.39, 0.29) is 24.8 Å². The van der Waals surface area contributed by atoms with Gasteiger partial charge >= 0.3 is 12.1 Å². The van der Waals surface area contributed by atoms with Crippen molar-refractivity contribution in [2.24, 2.45) is 0 Å². The minimum absolute atomic E-state index is 0.0437. The average Bonchev–Trinajstić information content (AvgIpc) is 3.49. The second kappa shape index (κ2) is 17.9. The van der Waals surface area contributed by atoms with Crippen LogP contribution in [0.3, 0.4) is 0 Å². The molecule has 0 saturated heterocycles. The van der Waals surface area contributed by atoms with Crippen molar-refractivity contribution in [1.29, 1.82) is 0 Å². The SMILES string of the molecule is CCOC(=O)c1c(NC(=O)C(C)Sc2cccc(NC(=O)/C(=C\c3ccc(Br)cc3)NC(=O)c3ccccc3)c2)sc2c1CCN(C(=O)OC(C)(C)C)C2. The van der Waals surface area contributed by atoms with Crippen LogP contribution in [-0.4, -0.2) is 58.7 Å². The van der Waals surface area contributed by atoms with Crippen molar-refractivity contribution >= 4 is 85.6 Å². The predicted molar refractivity (Wildman–Crippen MR) is 216 cm³/mol. The van der Waals surface area contributed by atoms with Gasteiger partial charge in [-0.1, -0.05) is 52.3 Å². The largest absolute Gasteiger partial charge is 0.462 e. The Balaban J connectivity index is 1.29. The zero-order valence-corrected chi connectivity index (χ0v) is 33.7. The summed E-state index contributed by atoms with van der Waals surface area (Å²) in [5, 5.41) is 8.29. The fourth-order valence-corrected chi connectivity index (χ4v) is 7.82. The molecule has 5 rings (SSSR count). The molecule has 1 aliphatic heterocycles. The molecule has 54 heavy (non-hydrogen) atoms. The van der Waals surface area contributed by atoms with Gasteiger partial charge in [-0.05, 0) is 101 Å². The van der Waals surface area contributed by atoms with Crippen molar-refractivity contribution < 1.29 is 33.4 Å². The van der Waals surface area contributed by atoms with Crippen molar-refractivity contribution in [2.75, 3.05) is 23.8 Å². The van der Waals surface area contributed by atoms with Crippen LogP contribution < -0.4 is 16.0 Å². The van der Waals surface area contributed by atoms with Crippen molar-refractivity contribution in [3.05, 3.63) is 116 Å². The highest BCUT2D eigenvalue weighted by molar-refractivity contribution is 9.10. The molecule has 3 aromatic carbocycles. The number of nitrogens with zero attached hydrogens (tertiary/aromatic N) is 1. The van der Waals surface area contributed by atoms with Crippen molar-refractivity contribution in [3.63, 3.8) is 0 Å². The molecule has 14 heteroatoms. The monoisotopic (exact) mass is 832 g/mol. The molecular weight excluding hydrogens is 792 g/mol. The summed E-state index contributed by atoms with van der Waals surface area (Å²) >= 11 is 5.93. The summed E-state index contributed by atoms with van der Waals surface area (Å²) in [4.78, 5) is 69.2. The van der Waals surface area contributed by atoms with Gasteiger partial charge in [-0.2, -0.15) is 0 Å². The standard InChI is InChI=1S/C40H41BrN4O7S2/c1-6-51-38(49)33-30-19-20-45(39(50)52-40(3,4)5)23-32(30)54-37(33)44-34(46)24(2)53-29-14-10-13-28(22-29)42-36(48)31(21-25-15-17-27(41)18-16-25)43-35(47)26-11-8-7-9-12-26/h7-18,21-22,24H,6,19-20,23H2,1-5H3,(H,42,48)(H,43,47)(H,44,46)/b31-21+. The minimum atomic E-state index is -0.651. The van der Waals surface area contributed by atoms with Crippen LogP contribution in [0.15, 0.2) is 93.9 Å². The first kappa shape index (κ1) is 40.3. The van der Waals surface area contributed by atoms with Crippen LogP contribution in [0.4, 0.5) is 15.5 Å². The molecule has 1 aromatic heterocycles. The number of thioether (sulfide) groups is 1. The number of fused-ring (bicyclic) bond motifs is 1. The normalized spacial score (nSPS) is 13.3. The van der Waals surface area contributed by atoms with Gasteiger partial charge in [0.1, 0.15) is 16.3 Å². The molecule has 0 fully saturated rings. The number of ether oxygens (including phenoxy) is 2. The van der Waals surface area contributed by atoms with E-state index in [0.717, 1.165) is 14.9 Å². The Labute approximate surface area is 331 Å². The van der Waals surface area contributed by atoms with Crippen LogP contribution in [0.25, 0.3) is 6.08 Å². The highest BCUT2D eigenvalue weighted by atomic mass is 79.9. The minimum Gasteiger partial charge on any atom is -0.462 e. The van der Waals surface area contributed by atoms with Gasteiger partial charge in [0.05, 0.1) is 24.0 Å². The Morgan fingerprint density at radius 3 is 2.39 bits per heavy atom. The number of halogens is 1. The first-order chi connectivity index (χ1) is 25.7. The zero-order chi connectivity index (χ0) is 39.0. The number of thiophene rings is 1. The van der Waals surface area contributed by atoms with Crippen LogP contribution in [-0.2, 0) is 32.0 Å². The van der Waals surface area contributed by atoms with Crippen LogP contribution in [0.2, 0.25) is 0 Å². The van der Waals surface area contributed by atoms with E-state index < -0.39 is 34.7 Å². The molecular formula is C40H41BrN4O7S2. The van der Waals surface area contributed by atoms with E-state index in [1.54, 1.807) is 94.1 Å². The van der Waals surface area contributed by atoms with Crippen molar-refractivity contribution in [2.45, 2.75) is 63.3 Å². The smallest absolute Gasteiger partial charge is 0.410 e. The molecule has 11 nitrogen and oxygen atoms in total. The lowest BCUT2D eigenvalue weighted by Gasteiger charge is -2.30. The Hall–Kier alpha value is -4.92. The Bertz CT molecular complexity index is 2060. The van der Waals surface area contributed by atoms with Gasteiger partial charge in [0.25, 0.3) is 11.8 Å². The number of anilines is 2. The second-order valence-electron chi connectivity index (χ2n) is 13.2. The van der Waals surface area contributed by atoms with Gasteiger partial charge in [0.15, 0.2) is 0 Å². The molecule has 0 radical (unpaired) electrons. The van der Waals surface area contributed by atoms with E-state index in [2.05, 4.69) is 31.9 Å². The van der Waals surface area contributed by atoms with Gasteiger partial charge in [-0.15, -0.1) is 23.1 Å². The molecule has 4 aromatic rings. The topological polar surface area (TPSA) is 143 Å². The lowest BCUT2D eigenvalue weighted by molar-refractivity contribution is -0.115. The summed E-state index contributed by atoms with van der Waals surface area (Å²) < 4.78 is 11.8. The maximum atomic E-state index is 13.6. The van der Waals surface area contributed by atoms with Gasteiger partial charge < -0.3 is 30.3 Å². The van der Waals surface area contributed by atoms with Crippen molar-refractivity contribution in [1.82, 2.24) is 10.2 Å². The molecule has 3 N–H and O–H groups in total. The third-order valence-electron chi connectivity index (χ3n) is 7.91. The van der Waals surface area contributed by atoms with E-state index in [0.29, 0.717) is 45.2 Å². The maximum absolute atomic E-state index is 13.6. The molecule has 1 atom stereocenters. The number of hydrogen-bond acceptors (Lipinski definition) is 9. The van der Waals surface area contributed by atoms with Crippen LogP contribution in [0, 0.1) is 0 Å². The summed E-state index contributed by atoms with van der Waals surface area (Å²) in [6.45, 7) is 9.64. The average molecular weight is 834 g/mol. The van der Waals surface area contributed by atoms with Crippen LogP contribution >= 0.6 is 39.0 Å². The number of benzene rings is 3. The number of carbonyl (C=O) groups excluding carboxylic acids is 5. The van der Waals surface area contributed by atoms with E-state index >= 15 is 0 Å². The fraction of sp³-hybridized carbons (Fsp3) is 0.275. The first-order valence-electron chi connectivity index (χ1n) is 17.2. The molecule has 1 aliphatic rings.